The lowest BCUT2D eigenvalue weighted by Gasteiger charge is -2.16. The van der Waals surface area contributed by atoms with Gasteiger partial charge in [-0.05, 0) is 36.1 Å². The lowest BCUT2D eigenvalue weighted by Crippen LogP contribution is -2.23. The van der Waals surface area contributed by atoms with Gasteiger partial charge >= 0.3 is 0 Å². The van der Waals surface area contributed by atoms with Crippen molar-refractivity contribution >= 4 is 0 Å². The molecule has 2 heteroatoms. The molecule has 0 fully saturated rings. The summed E-state index contributed by atoms with van der Waals surface area (Å²) in [7, 11) is 0. The van der Waals surface area contributed by atoms with Crippen molar-refractivity contribution in [2.75, 3.05) is 6.54 Å². The minimum Gasteiger partial charge on any atom is -0.312 e. The van der Waals surface area contributed by atoms with Crippen LogP contribution in [-0.4, -0.2) is 6.54 Å². The summed E-state index contributed by atoms with van der Waals surface area (Å²) in [5, 5.41) is 3.34. The van der Waals surface area contributed by atoms with Crippen molar-refractivity contribution in [2.24, 2.45) is 11.8 Å². The summed E-state index contributed by atoms with van der Waals surface area (Å²) < 4.78 is 12.9. The zero-order chi connectivity index (χ0) is 11.3. The molecular weight excluding hydrogens is 189 g/mol. The van der Waals surface area contributed by atoms with Gasteiger partial charge in [0.2, 0.25) is 0 Å². The van der Waals surface area contributed by atoms with Crippen LogP contribution in [0.15, 0.2) is 24.3 Å². The number of rotatable bonds is 5. The van der Waals surface area contributed by atoms with Crippen molar-refractivity contribution < 1.29 is 4.39 Å². The van der Waals surface area contributed by atoms with E-state index in [4.69, 9.17) is 0 Å². The predicted molar refractivity (Wildman–Crippen MR) is 62.1 cm³/mol. The molecule has 0 spiro atoms. The maximum atomic E-state index is 12.9. The molecule has 1 nitrogen and oxygen atoms in total. The van der Waals surface area contributed by atoms with Gasteiger partial charge in [0, 0.05) is 6.54 Å². The molecule has 1 unspecified atom stereocenters. The highest BCUT2D eigenvalue weighted by Gasteiger charge is 2.05. The van der Waals surface area contributed by atoms with E-state index < -0.39 is 0 Å². The molecule has 1 rings (SSSR count). The van der Waals surface area contributed by atoms with E-state index >= 15 is 0 Å². The lowest BCUT2D eigenvalue weighted by atomic mass is 9.98. The standard InChI is InChI=1S/C13H20FN/c1-10(2)11(3)8-15-9-12-5-4-6-13(14)7-12/h4-7,10-11,15H,8-9H2,1-3H3. The predicted octanol–water partition coefficient (Wildman–Crippen LogP) is 3.21. The van der Waals surface area contributed by atoms with Gasteiger partial charge in [-0.1, -0.05) is 32.9 Å². The van der Waals surface area contributed by atoms with Crippen LogP contribution in [0.3, 0.4) is 0 Å². The summed E-state index contributed by atoms with van der Waals surface area (Å²) >= 11 is 0. The number of benzene rings is 1. The number of hydrogen-bond donors (Lipinski definition) is 1. The van der Waals surface area contributed by atoms with Crippen molar-refractivity contribution in [1.29, 1.82) is 0 Å². The second-order valence-corrected chi connectivity index (χ2v) is 4.48. The molecule has 1 atom stereocenters. The fourth-order valence-corrected chi connectivity index (χ4v) is 1.33. The quantitative estimate of drug-likeness (QED) is 0.785. The highest BCUT2D eigenvalue weighted by molar-refractivity contribution is 5.15. The molecule has 0 aliphatic heterocycles. The molecule has 0 aliphatic carbocycles. The second-order valence-electron chi connectivity index (χ2n) is 4.48. The Morgan fingerprint density at radius 2 is 2.00 bits per heavy atom. The first-order valence-electron chi connectivity index (χ1n) is 5.54. The Balaban J connectivity index is 2.32. The number of hydrogen-bond acceptors (Lipinski definition) is 1. The van der Waals surface area contributed by atoms with Crippen LogP contribution in [0.5, 0.6) is 0 Å². The fraction of sp³-hybridized carbons (Fsp3) is 0.538. The topological polar surface area (TPSA) is 12.0 Å². The van der Waals surface area contributed by atoms with Crippen LogP contribution >= 0.6 is 0 Å². The molecule has 0 aromatic heterocycles. The van der Waals surface area contributed by atoms with Gasteiger partial charge < -0.3 is 5.32 Å². The first-order valence-corrected chi connectivity index (χ1v) is 5.54. The van der Waals surface area contributed by atoms with Crippen LogP contribution in [0.2, 0.25) is 0 Å². The molecule has 0 bridgehead atoms. The zero-order valence-corrected chi connectivity index (χ0v) is 9.76. The van der Waals surface area contributed by atoms with Gasteiger partial charge in [0.15, 0.2) is 0 Å². The molecule has 0 radical (unpaired) electrons. The van der Waals surface area contributed by atoms with Gasteiger partial charge in [0.25, 0.3) is 0 Å². The summed E-state index contributed by atoms with van der Waals surface area (Å²) in [5.41, 5.74) is 1.01. The Morgan fingerprint density at radius 1 is 1.27 bits per heavy atom. The maximum Gasteiger partial charge on any atom is 0.123 e. The summed E-state index contributed by atoms with van der Waals surface area (Å²) in [6, 6.07) is 6.74. The molecule has 0 saturated heterocycles. The minimum absolute atomic E-state index is 0.161. The van der Waals surface area contributed by atoms with E-state index in [1.165, 1.54) is 6.07 Å². The summed E-state index contributed by atoms with van der Waals surface area (Å²) in [4.78, 5) is 0. The van der Waals surface area contributed by atoms with E-state index in [-0.39, 0.29) is 5.82 Å². The van der Waals surface area contributed by atoms with Gasteiger partial charge in [0.1, 0.15) is 5.82 Å². The van der Waals surface area contributed by atoms with E-state index in [2.05, 4.69) is 26.1 Å². The average molecular weight is 209 g/mol. The third kappa shape index (κ3) is 4.43. The first kappa shape index (κ1) is 12.2. The van der Waals surface area contributed by atoms with Crippen LogP contribution in [0.25, 0.3) is 0 Å². The Bertz CT molecular complexity index is 296. The Morgan fingerprint density at radius 3 is 2.60 bits per heavy atom. The van der Waals surface area contributed by atoms with Gasteiger partial charge in [-0.2, -0.15) is 0 Å². The lowest BCUT2D eigenvalue weighted by molar-refractivity contribution is 0.392. The third-order valence-corrected chi connectivity index (χ3v) is 2.82. The van der Waals surface area contributed by atoms with E-state index in [0.29, 0.717) is 11.8 Å². The molecule has 1 aromatic carbocycles. The van der Waals surface area contributed by atoms with Crippen molar-refractivity contribution in [2.45, 2.75) is 27.3 Å². The number of halogens is 1. The van der Waals surface area contributed by atoms with Crippen molar-refractivity contribution in [3.05, 3.63) is 35.6 Å². The molecule has 0 heterocycles. The monoisotopic (exact) mass is 209 g/mol. The largest absolute Gasteiger partial charge is 0.312 e. The smallest absolute Gasteiger partial charge is 0.123 e. The van der Waals surface area contributed by atoms with Crippen LogP contribution in [0.1, 0.15) is 26.3 Å². The minimum atomic E-state index is -0.161. The van der Waals surface area contributed by atoms with Gasteiger partial charge in [0.05, 0.1) is 0 Å². The summed E-state index contributed by atoms with van der Waals surface area (Å²) in [6.07, 6.45) is 0. The van der Waals surface area contributed by atoms with Gasteiger partial charge in [-0.15, -0.1) is 0 Å². The summed E-state index contributed by atoms with van der Waals surface area (Å²) in [5.74, 6) is 1.18. The Kier molecular flexibility index (Phi) is 4.76. The van der Waals surface area contributed by atoms with E-state index in [9.17, 15) is 4.39 Å². The first-order chi connectivity index (χ1) is 7.09. The number of nitrogens with one attached hydrogen (secondary N) is 1. The SMILES string of the molecule is CC(C)C(C)CNCc1cccc(F)c1. The maximum absolute atomic E-state index is 12.9. The molecule has 1 aromatic rings. The zero-order valence-electron chi connectivity index (χ0n) is 9.76. The molecular formula is C13H20FN. The van der Waals surface area contributed by atoms with Crippen molar-refractivity contribution in [3.63, 3.8) is 0 Å². The Hall–Kier alpha value is -0.890. The molecule has 15 heavy (non-hydrogen) atoms. The third-order valence-electron chi connectivity index (χ3n) is 2.82. The second kappa shape index (κ2) is 5.86. The average Bonchev–Trinajstić information content (AvgIpc) is 2.17. The van der Waals surface area contributed by atoms with Crippen LogP contribution in [0, 0.1) is 17.7 Å². The van der Waals surface area contributed by atoms with Crippen LogP contribution in [0.4, 0.5) is 4.39 Å². The highest BCUT2D eigenvalue weighted by atomic mass is 19.1. The van der Waals surface area contributed by atoms with Gasteiger partial charge in [-0.3, -0.25) is 0 Å². The Labute approximate surface area is 91.7 Å². The van der Waals surface area contributed by atoms with Gasteiger partial charge in [-0.25, -0.2) is 4.39 Å². The highest BCUT2D eigenvalue weighted by Crippen LogP contribution is 2.08. The normalized spacial score (nSPS) is 13.1. The molecule has 0 saturated carbocycles. The van der Waals surface area contributed by atoms with Crippen molar-refractivity contribution in [1.82, 2.24) is 5.32 Å². The molecule has 0 amide bonds. The molecule has 0 aliphatic rings. The van der Waals surface area contributed by atoms with Crippen LogP contribution < -0.4 is 5.32 Å². The van der Waals surface area contributed by atoms with E-state index in [1.54, 1.807) is 12.1 Å². The fourth-order valence-electron chi connectivity index (χ4n) is 1.33. The summed E-state index contributed by atoms with van der Waals surface area (Å²) in [6.45, 7) is 8.38. The molecule has 84 valence electrons. The van der Waals surface area contributed by atoms with Crippen molar-refractivity contribution in [3.8, 4) is 0 Å². The van der Waals surface area contributed by atoms with E-state index in [1.807, 2.05) is 6.07 Å². The molecule has 1 N–H and O–H groups in total. The van der Waals surface area contributed by atoms with E-state index in [0.717, 1.165) is 18.7 Å². The van der Waals surface area contributed by atoms with Crippen LogP contribution in [-0.2, 0) is 6.54 Å².